The largest absolute Gasteiger partial charge is 0.394 e. The summed E-state index contributed by atoms with van der Waals surface area (Å²) in [7, 11) is 1.41. The molecule has 0 aromatic rings. The first-order valence-electron chi connectivity index (χ1n) is 4.27. The second-order valence-electron chi connectivity index (χ2n) is 3.24. The molecule has 0 bridgehead atoms. The molecule has 6 N–H and O–H groups in total. The highest BCUT2D eigenvalue weighted by atomic mass is 16.6. The third kappa shape index (κ3) is 2.41. The highest BCUT2D eigenvalue weighted by molar-refractivity contribution is 4.91. The maximum absolute atomic E-state index is 9.55. The first-order valence-corrected chi connectivity index (χ1v) is 4.27. The van der Waals surface area contributed by atoms with Crippen molar-refractivity contribution in [3.05, 3.63) is 0 Å². The van der Waals surface area contributed by atoms with Gasteiger partial charge in [-0.2, -0.15) is 0 Å². The Morgan fingerprint density at radius 2 is 1.86 bits per heavy atom. The molecular formula is C8H19NO5. The lowest BCUT2D eigenvalue weighted by Crippen LogP contribution is -2.58. The van der Waals surface area contributed by atoms with Crippen LogP contribution >= 0.6 is 0 Å². The molecule has 1 unspecified atom stereocenters. The van der Waals surface area contributed by atoms with Crippen molar-refractivity contribution in [1.82, 2.24) is 6.15 Å². The van der Waals surface area contributed by atoms with Gasteiger partial charge in [0, 0.05) is 7.11 Å². The minimum atomic E-state index is -0.985. The van der Waals surface area contributed by atoms with Crippen LogP contribution in [0, 0.1) is 0 Å². The van der Waals surface area contributed by atoms with E-state index in [9.17, 15) is 10.2 Å². The summed E-state index contributed by atoms with van der Waals surface area (Å²) in [4.78, 5) is 0. The third-order valence-corrected chi connectivity index (χ3v) is 2.38. The van der Waals surface area contributed by atoms with E-state index in [0.717, 1.165) is 0 Å². The summed E-state index contributed by atoms with van der Waals surface area (Å²) in [6.45, 7) is 1.39. The van der Waals surface area contributed by atoms with E-state index in [4.69, 9.17) is 14.6 Å². The molecule has 1 fully saturated rings. The first-order chi connectivity index (χ1) is 6.11. The van der Waals surface area contributed by atoms with Crippen LogP contribution < -0.4 is 6.15 Å². The van der Waals surface area contributed by atoms with Crippen molar-refractivity contribution in [2.45, 2.75) is 37.4 Å². The molecule has 1 aliphatic rings. The van der Waals surface area contributed by atoms with E-state index < -0.39 is 30.5 Å². The van der Waals surface area contributed by atoms with Gasteiger partial charge in [-0.15, -0.1) is 0 Å². The lowest BCUT2D eigenvalue weighted by Gasteiger charge is -2.40. The number of ether oxygens (including phenoxy) is 2. The van der Waals surface area contributed by atoms with E-state index in [1.807, 2.05) is 0 Å². The smallest absolute Gasteiger partial charge is 0.114 e. The summed E-state index contributed by atoms with van der Waals surface area (Å²) < 4.78 is 10.1. The van der Waals surface area contributed by atoms with Gasteiger partial charge >= 0.3 is 0 Å². The molecule has 0 saturated carbocycles. The molecule has 0 spiro atoms. The highest BCUT2D eigenvalue weighted by Crippen LogP contribution is 2.22. The molecule has 6 nitrogen and oxygen atoms in total. The second-order valence-corrected chi connectivity index (χ2v) is 3.24. The fourth-order valence-corrected chi connectivity index (χ4v) is 1.55. The Kier molecular flexibility index (Phi) is 5.50. The van der Waals surface area contributed by atoms with Crippen molar-refractivity contribution in [2.24, 2.45) is 0 Å². The fraction of sp³-hybridized carbons (Fsp3) is 1.00. The molecule has 0 aliphatic carbocycles. The Morgan fingerprint density at radius 3 is 2.29 bits per heavy atom. The van der Waals surface area contributed by atoms with Gasteiger partial charge < -0.3 is 30.9 Å². The van der Waals surface area contributed by atoms with Crippen LogP contribution in [0.5, 0.6) is 0 Å². The average Bonchev–Trinajstić information content (AvgIpc) is 2.12. The molecule has 1 aliphatic heterocycles. The lowest BCUT2D eigenvalue weighted by molar-refractivity contribution is -0.231. The van der Waals surface area contributed by atoms with Crippen LogP contribution in [0.4, 0.5) is 0 Å². The van der Waals surface area contributed by atoms with Crippen LogP contribution in [0.2, 0.25) is 0 Å². The topological polar surface area (TPSA) is 114 Å². The number of methoxy groups -OCH3 is 1. The Hall–Kier alpha value is -0.240. The van der Waals surface area contributed by atoms with Gasteiger partial charge in [0.1, 0.15) is 24.4 Å². The molecule has 5 atom stereocenters. The SMILES string of the molecule is COC1[C@@H](O)[C@H](C)O[C@H](CO)[C@H]1O.N. The molecule has 0 radical (unpaired) electrons. The molecule has 0 amide bonds. The average molecular weight is 209 g/mol. The zero-order chi connectivity index (χ0) is 10.0. The van der Waals surface area contributed by atoms with E-state index in [2.05, 4.69) is 0 Å². The van der Waals surface area contributed by atoms with Crippen LogP contribution in [0.25, 0.3) is 0 Å². The maximum atomic E-state index is 9.55. The van der Waals surface area contributed by atoms with E-state index in [1.54, 1.807) is 6.92 Å². The van der Waals surface area contributed by atoms with Gasteiger partial charge in [-0.25, -0.2) is 0 Å². The van der Waals surface area contributed by atoms with Crippen molar-refractivity contribution in [1.29, 1.82) is 0 Å². The van der Waals surface area contributed by atoms with Gasteiger partial charge in [-0.1, -0.05) is 0 Å². The summed E-state index contributed by atoms with van der Waals surface area (Å²) in [6, 6.07) is 0. The Balaban J connectivity index is 0.00000169. The van der Waals surface area contributed by atoms with Gasteiger partial charge in [0.15, 0.2) is 0 Å². The summed E-state index contributed by atoms with van der Waals surface area (Å²) in [5, 5.41) is 27.9. The summed E-state index contributed by atoms with van der Waals surface area (Å²) in [6.07, 6.45) is -3.65. The van der Waals surface area contributed by atoms with Gasteiger partial charge in [-0.3, -0.25) is 0 Å². The molecule has 1 heterocycles. The molecule has 6 heteroatoms. The zero-order valence-electron chi connectivity index (χ0n) is 8.46. The number of rotatable bonds is 2. The highest BCUT2D eigenvalue weighted by Gasteiger charge is 2.42. The molecule has 0 aromatic heterocycles. The first kappa shape index (κ1) is 13.8. The van der Waals surface area contributed by atoms with Crippen molar-refractivity contribution < 1.29 is 24.8 Å². The van der Waals surface area contributed by atoms with Crippen molar-refractivity contribution >= 4 is 0 Å². The van der Waals surface area contributed by atoms with Gasteiger partial charge in [0.05, 0.1) is 12.7 Å². The fourth-order valence-electron chi connectivity index (χ4n) is 1.55. The molecule has 0 aromatic carbocycles. The Morgan fingerprint density at radius 1 is 1.29 bits per heavy atom. The predicted molar refractivity (Wildman–Crippen MR) is 49.3 cm³/mol. The van der Waals surface area contributed by atoms with E-state index in [-0.39, 0.29) is 12.8 Å². The second kappa shape index (κ2) is 5.59. The van der Waals surface area contributed by atoms with E-state index in [0.29, 0.717) is 0 Å². The van der Waals surface area contributed by atoms with Gasteiger partial charge in [0.2, 0.25) is 0 Å². The van der Waals surface area contributed by atoms with Crippen LogP contribution in [-0.4, -0.2) is 59.6 Å². The van der Waals surface area contributed by atoms with Gasteiger partial charge in [0.25, 0.3) is 0 Å². The summed E-state index contributed by atoms with van der Waals surface area (Å²) in [5.74, 6) is 0. The van der Waals surface area contributed by atoms with E-state index in [1.165, 1.54) is 7.11 Å². The monoisotopic (exact) mass is 209 g/mol. The molecule has 1 saturated heterocycles. The van der Waals surface area contributed by atoms with Crippen molar-refractivity contribution in [3.63, 3.8) is 0 Å². The lowest BCUT2D eigenvalue weighted by atomic mass is 9.96. The Labute approximate surface area is 83.0 Å². The predicted octanol–water partition coefficient (Wildman–Crippen LogP) is -1.34. The maximum Gasteiger partial charge on any atom is 0.114 e. The van der Waals surface area contributed by atoms with E-state index >= 15 is 0 Å². The molecule has 14 heavy (non-hydrogen) atoms. The quantitative estimate of drug-likeness (QED) is 0.448. The summed E-state index contributed by atoms with van der Waals surface area (Å²) in [5.41, 5.74) is 0. The Bertz CT molecular complexity index is 168. The van der Waals surface area contributed by atoms with Crippen molar-refractivity contribution in [3.8, 4) is 0 Å². The number of hydrogen-bond acceptors (Lipinski definition) is 6. The van der Waals surface area contributed by atoms with Crippen LogP contribution in [0.3, 0.4) is 0 Å². The molecular weight excluding hydrogens is 190 g/mol. The number of aliphatic hydroxyl groups excluding tert-OH is 3. The normalized spacial score (nSPS) is 43.1. The minimum Gasteiger partial charge on any atom is -0.394 e. The van der Waals surface area contributed by atoms with Crippen LogP contribution in [-0.2, 0) is 9.47 Å². The minimum absolute atomic E-state index is 0. The van der Waals surface area contributed by atoms with Crippen LogP contribution in [0.1, 0.15) is 6.92 Å². The van der Waals surface area contributed by atoms with Crippen LogP contribution in [0.15, 0.2) is 0 Å². The molecule has 86 valence electrons. The summed E-state index contributed by atoms with van der Waals surface area (Å²) >= 11 is 0. The van der Waals surface area contributed by atoms with Gasteiger partial charge in [-0.05, 0) is 6.92 Å². The number of hydrogen-bond donors (Lipinski definition) is 4. The standard InChI is InChI=1S/C8H16O5.H3N/c1-4-6(10)8(12-2)7(11)5(3-9)13-4;/h4-11H,3H2,1-2H3;1H3/t4-,5+,6-,7+,8?;/m0./s1. The molecule has 1 rings (SSSR count). The van der Waals surface area contributed by atoms with Crippen molar-refractivity contribution in [2.75, 3.05) is 13.7 Å². The third-order valence-electron chi connectivity index (χ3n) is 2.38. The number of aliphatic hydroxyl groups is 3. The zero-order valence-corrected chi connectivity index (χ0v) is 8.46.